The summed E-state index contributed by atoms with van der Waals surface area (Å²) in [6.07, 6.45) is 1.64. The number of ether oxygens (including phenoxy) is 1. The van der Waals surface area contributed by atoms with Crippen LogP contribution in [0.1, 0.15) is 0 Å². The molecule has 0 saturated carbocycles. The number of carbonyl (C=O) groups excluding carboxylic acids is 1. The van der Waals surface area contributed by atoms with E-state index in [0.29, 0.717) is 18.8 Å². The minimum Gasteiger partial charge on any atom is -0.435 e. The Morgan fingerprint density at radius 3 is 2.62 bits per heavy atom. The normalized spacial score (nSPS) is 10.7. The molecule has 1 aromatic rings. The van der Waals surface area contributed by atoms with Gasteiger partial charge >= 0.3 is 6.61 Å². The number of nitrogens with zero attached hydrogens (tertiary/aromatic N) is 1. The number of benzene rings is 1. The lowest BCUT2D eigenvalue weighted by molar-refractivity contribution is -0.117. The fourth-order valence-electron chi connectivity index (χ4n) is 1.68. The Hall–Kier alpha value is -1.99. The van der Waals surface area contributed by atoms with E-state index < -0.39 is 6.61 Å². The quantitative estimate of drug-likeness (QED) is 0.682. The lowest BCUT2D eigenvalue weighted by Gasteiger charge is -2.18. The molecule has 0 aliphatic carbocycles. The van der Waals surface area contributed by atoms with E-state index in [1.807, 2.05) is 0 Å². The summed E-state index contributed by atoms with van der Waals surface area (Å²) in [7, 11) is 0. The lowest BCUT2D eigenvalue weighted by Crippen LogP contribution is -2.35. The molecule has 21 heavy (non-hydrogen) atoms. The molecule has 1 rings (SSSR count). The van der Waals surface area contributed by atoms with Crippen LogP contribution in [0.4, 0.5) is 14.5 Å². The molecular weight excluding hydrogens is 282 g/mol. The van der Waals surface area contributed by atoms with Crippen molar-refractivity contribution >= 4 is 11.6 Å². The van der Waals surface area contributed by atoms with Gasteiger partial charge in [-0.15, -0.1) is 6.58 Å². The standard InChI is InChI=1S/C14H18F2N2O3/c1-2-7-18(8-9-19)10-13(20)17-11-3-5-12(6-4-11)21-14(15)16/h2-6,14,19H,1,7-10H2,(H,17,20). The molecular formula is C14H18F2N2O3. The highest BCUT2D eigenvalue weighted by atomic mass is 19.3. The molecule has 0 radical (unpaired) electrons. The van der Waals surface area contributed by atoms with Gasteiger partial charge in [-0.2, -0.15) is 8.78 Å². The van der Waals surface area contributed by atoms with Crippen molar-refractivity contribution in [2.24, 2.45) is 0 Å². The zero-order valence-corrected chi connectivity index (χ0v) is 11.5. The fourth-order valence-corrected chi connectivity index (χ4v) is 1.68. The maximum atomic E-state index is 12.0. The molecule has 0 spiro atoms. The molecule has 0 aromatic heterocycles. The van der Waals surface area contributed by atoms with E-state index in [1.54, 1.807) is 11.0 Å². The van der Waals surface area contributed by atoms with Gasteiger partial charge in [0.25, 0.3) is 0 Å². The summed E-state index contributed by atoms with van der Waals surface area (Å²) in [5, 5.41) is 11.5. The minimum atomic E-state index is -2.88. The van der Waals surface area contributed by atoms with Crippen LogP contribution in [-0.2, 0) is 4.79 Å². The van der Waals surface area contributed by atoms with Crippen LogP contribution >= 0.6 is 0 Å². The van der Waals surface area contributed by atoms with Crippen LogP contribution in [-0.4, -0.2) is 48.8 Å². The summed E-state index contributed by atoms with van der Waals surface area (Å²) in [4.78, 5) is 13.5. The molecule has 0 unspecified atom stereocenters. The van der Waals surface area contributed by atoms with Crippen molar-refractivity contribution in [3.8, 4) is 5.75 Å². The van der Waals surface area contributed by atoms with Crippen LogP contribution < -0.4 is 10.1 Å². The SMILES string of the molecule is C=CCN(CCO)CC(=O)Nc1ccc(OC(F)F)cc1. The maximum absolute atomic E-state index is 12.0. The Kier molecular flexibility index (Phi) is 7.34. The van der Waals surface area contributed by atoms with Crippen molar-refractivity contribution < 1.29 is 23.4 Å². The van der Waals surface area contributed by atoms with Crippen molar-refractivity contribution in [3.63, 3.8) is 0 Å². The second kappa shape index (κ2) is 9.04. The molecule has 1 amide bonds. The van der Waals surface area contributed by atoms with Crippen molar-refractivity contribution in [2.45, 2.75) is 6.61 Å². The Bertz CT molecular complexity index is 452. The third-order valence-electron chi connectivity index (χ3n) is 2.53. The van der Waals surface area contributed by atoms with Gasteiger partial charge in [0.2, 0.25) is 5.91 Å². The zero-order chi connectivity index (χ0) is 15.7. The molecule has 0 atom stereocenters. The molecule has 0 aliphatic rings. The number of hydrogen-bond donors (Lipinski definition) is 2. The molecule has 5 nitrogen and oxygen atoms in total. The second-order valence-electron chi connectivity index (χ2n) is 4.20. The van der Waals surface area contributed by atoms with E-state index in [0.717, 1.165) is 0 Å². The smallest absolute Gasteiger partial charge is 0.387 e. The molecule has 116 valence electrons. The van der Waals surface area contributed by atoms with Crippen LogP contribution in [0, 0.1) is 0 Å². The first kappa shape index (κ1) is 17.1. The van der Waals surface area contributed by atoms with E-state index in [-0.39, 0.29) is 24.8 Å². The molecule has 0 heterocycles. The van der Waals surface area contributed by atoms with Gasteiger partial charge in [-0.05, 0) is 24.3 Å². The van der Waals surface area contributed by atoms with Gasteiger partial charge in [0.15, 0.2) is 0 Å². The summed E-state index contributed by atoms with van der Waals surface area (Å²) in [5.41, 5.74) is 0.476. The number of aliphatic hydroxyl groups is 1. The number of anilines is 1. The number of alkyl halides is 2. The predicted molar refractivity (Wildman–Crippen MR) is 75.4 cm³/mol. The van der Waals surface area contributed by atoms with Crippen molar-refractivity contribution in [1.82, 2.24) is 4.90 Å². The largest absolute Gasteiger partial charge is 0.435 e. The maximum Gasteiger partial charge on any atom is 0.387 e. The first-order valence-electron chi connectivity index (χ1n) is 6.34. The molecule has 7 heteroatoms. The highest BCUT2D eigenvalue weighted by Crippen LogP contribution is 2.17. The first-order chi connectivity index (χ1) is 10.0. The number of aliphatic hydroxyl groups excluding tert-OH is 1. The number of amides is 1. The van der Waals surface area contributed by atoms with Crippen LogP contribution in [0.25, 0.3) is 0 Å². The van der Waals surface area contributed by atoms with Crippen LogP contribution in [0.15, 0.2) is 36.9 Å². The van der Waals surface area contributed by atoms with Gasteiger partial charge in [0.05, 0.1) is 13.2 Å². The molecule has 1 aromatic carbocycles. The van der Waals surface area contributed by atoms with Crippen molar-refractivity contribution in [2.75, 3.05) is 31.6 Å². The predicted octanol–water partition coefficient (Wildman–Crippen LogP) is 1.71. The third kappa shape index (κ3) is 6.82. The summed E-state index contributed by atoms with van der Waals surface area (Å²) in [5.74, 6) is -0.246. The minimum absolute atomic E-state index is 0.0246. The van der Waals surface area contributed by atoms with Crippen molar-refractivity contribution in [1.29, 1.82) is 0 Å². The number of hydrogen-bond acceptors (Lipinski definition) is 4. The van der Waals surface area contributed by atoms with E-state index >= 15 is 0 Å². The zero-order valence-electron chi connectivity index (χ0n) is 11.5. The molecule has 0 bridgehead atoms. The average molecular weight is 300 g/mol. The Labute approximate surface area is 121 Å². The number of halogens is 2. The molecule has 0 saturated heterocycles. The van der Waals surface area contributed by atoms with Crippen molar-refractivity contribution in [3.05, 3.63) is 36.9 Å². The monoisotopic (exact) mass is 300 g/mol. The van der Waals surface area contributed by atoms with Crippen LogP contribution in [0.2, 0.25) is 0 Å². The Balaban J connectivity index is 2.51. The highest BCUT2D eigenvalue weighted by molar-refractivity contribution is 5.92. The third-order valence-corrected chi connectivity index (χ3v) is 2.53. The summed E-state index contributed by atoms with van der Waals surface area (Å²) < 4.78 is 28.2. The van der Waals surface area contributed by atoms with Gasteiger partial charge < -0.3 is 15.2 Å². The highest BCUT2D eigenvalue weighted by Gasteiger charge is 2.10. The van der Waals surface area contributed by atoms with Gasteiger partial charge in [0, 0.05) is 18.8 Å². The topological polar surface area (TPSA) is 61.8 Å². The number of nitrogens with one attached hydrogen (secondary N) is 1. The second-order valence-corrected chi connectivity index (χ2v) is 4.20. The number of rotatable bonds is 9. The fraction of sp³-hybridized carbons (Fsp3) is 0.357. The van der Waals surface area contributed by atoms with Gasteiger partial charge in [-0.1, -0.05) is 6.08 Å². The molecule has 0 aliphatic heterocycles. The van der Waals surface area contributed by atoms with E-state index in [1.165, 1.54) is 24.3 Å². The molecule has 2 N–H and O–H groups in total. The summed E-state index contributed by atoms with van der Waals surface area (Å²) in [6, 6.07) is 5.63. The van der Waals surface area contributed by atoms with E-state index in [2.05, 4.69) is 16.6 Å². The van der Waals surface area contributed by atoms with E-state index in [9.17, 15) is 13.6 Å². The van der Waals surface area contributed by atoms with Gasteiger partial charge in [-0.3, -0.25) is 9.69 Å². The van der Waals surface area contributed by atoms with Gasteiger partial charge in [-0.25, -0.2) is 0 Å². The summed E-state index contributed by atoms with van der Waals surface area (Å²) in [6.45, 7) is 1.59. The van der Waals surface area contributed by atoms with Gasteiger partial charge in [0.1, 0.15) is 5.75 Å². The average Bonchev–Trinajstić information content (AvgIpc) is 2.41. The Morgan fingerprint density at radius 2 is 2.10 bits per heavy atom. The Morgan fingerprint density at radius 1 is 1.43 bits per heavy atom. The molecule has 0 fully saturated rings. The number of carbonyl (C=O) groups is 1. The lowest BCUT2D eigenvalue weighted by atomic mass is 10.3. The van der Waals surface area contributed by atoms with E-state index in [4.69, 9.17) is 5.11 Å². The first-order valence-corrected chi connectivity index (χ1v) is 6.34. The van der Waals surface area contributed by atoms with Crippen LogP contribution in [0.5, 0.6) is 5.75 Å². The summed E-state index contributed by atoms with van der Waals surface area (Å²) >= 11 is 0. The van der Waals surface area contributed by atoms with Crippen LogP contribution in [0.3, 0.4) is 0 Å².